The van der Waals surface area contributed by atoms with E-state index in [1.807, 2.05) is 0 Å². The van der Waals surface area contributed by atoms with Gasteiger partial charge in [0.15, 0.2) is 0 Å². The van der Waals surface area contributed by atoms with Gasteiger partial charge in [-0.1, -0.05) is 6.07 Å². The first-order chi connectivity index (χ1) is 14.3. The van der Waals surface area contributed by atoms with E-state index in [1.54, 1.807) is 11.4 Å². The van der Waals surface area contributed by atoms with Crippen molar-refractivity contribution >= 4 is 55.4 Å². The summed E-state index contributed by atoms with van der Waals surface area (Å²) in [5.41, 5.74) is 0. The largest absolute Gasteiger partial charge is 0.362 e. The zero-order valence-corrected chi connectivity index (χ0v) is 18.2. The zero-order valence-electron chi connectivity index (χ0n) is 15.7. The SMILES string of the molecule is CS(=O)(=O)N1C(=O)NCC1C(=O)NC(C(=O)NC1CN(S(=O)(=O)O)C1=O)c1cccs1. The van der Waals surface area contributed by atoms with E-state index < -0.39 is 68.8 Å². The van der Waals surface area contributed by atoms with Gasteiger partial charge in [0.05, 0.1) is 19.3 Å². The van der Waals surface area contributed by atoms with Crippen LogP contribution in [0.5, 0.6) is 0 Å². The maximum atomic E-state index is 12.7. The van der Waals surface area contributed by atoms with Gasteiger partial charge in [0.2, 0.25) is 21.8 Å². The van der Waals surface area contributed by atoms with E-state index in [2.05, 4.69) is 16.0 Å². The standard InChI is InChI=1S/C14H17N5O9S3/c1-30(24,25)19-8(5-15-14(19)23)11(20)17-10(9-3-2-4-29-9)12(21)16-7-6-18(13(7)22)31(26,27)28/h2-4,7-8,10H,5-6H2,1H3,(H,15,23)(H,16,21)(H,17,20)(H,26,27,28). The highest BCUT2D eigenvalue weighted by atomic mass is 32.2. The molecular formula is C14H17N5O9S3. The molecule has 3 heterocycles. The van der Waals surface area contributed by atoms with Crippen LogP contribution in [0.1, 0.15) is 10.9 Å². The van der Waals surface area contributed by atoms with Crippen LogP contribution < -0.4 is 16.0 Å². The third kappa shape index (κ3) is 4.63. The molecule has 0 aromatic carbocycles. The lowest BCUT2D eigenvalue weighted by Crippen LogP contribution is -2.66. The van der Waals surface area contributed by atoms with E-state index in [0.717, 1.165) is 17.6 Å². The molecule has 0 aliphatic carbocycles. The Morgan fingerprint density at radius 1 is 1.29 bits per heavy atom. The van der Waals surface area contributed by atoms with Crippen molar-refractivity contribution in [1.82, 2.24) is 24.6 Å². The van der Waals surface area contributed by atoms with Gasteiger partial charge in [0, 0.05) is 4.88 Å². The van der Waals surface area contributed by atoms with Crippen LogP contribution in [-0.4, -0.2) is 85.2 Å². The van der Waals surface area contributed by atoms with Crippen LogP contribution in [0.3, 0.4) is 0 Å². The quantitative estimate of drug-likeness (QED) is 0.231. The Morgan fingerprint density at radius 3 is 2.48 bits per heavy atom. The van der Waals surface area contributed by atoms with E-state index in [0.29, 0.717) is 9.18 Å². The number of thiophene rings is 1. The van der Waals surface area contributed by atoms with Crippen molar-refractivity contribution in [3.05, 3.63) is 22.4 Å². The summed E-state index contributed by atoms with van der Waals surface area (Å²) in [4.78, 5) is 49.4. The van der Waals surface area contributed by atoms with E-state index in [1.165, 1.54) is 6.07 Å². The minimum atomic E-state index is -4.74. The molecule has 0 saturated carbocycles. The average molecular weight is 496 g/mol. The second-order valence-corrected chi connectivity index (χ2v) is 10.8. The van der Waals surface area contributed by atoms with Gasteiger partial charge in [-0.3, -0.25) is 18.9 Å². The number of sulfonamides is 1. The highest BCUT2D eigenvalue weighted by molar-refractivity contribution is 7.89. The summed E-state index contributed by atoms with van der Waals surface area (Å²) in [7, 11) is -8.80. The summed E-state index contributed by atoms with van der Waals surface area (Å²) in [6.45, 7) is -0.793. The fourth-order valence-electron chi connectivity index (χ4n) is 2.99. The molecule has 0 bridgehead atoms. The lowest BCUT2D eigenvalue weighted by atomic mass is 10.1. The number of carbonyl (C=O) groups excluding carboxylic acids is 4. The lowest BCUT2D eigenvalue weighted by Gasteiger charge is -2.36. The zero-order chi connectivity index (χ0) is 23.1. The molecule has 170 valence electrons. The molecule has 14 nitrogen and oxygen atoms in total. The molecule has 1 aromatic rings. The third-order valence-electron chi connectivity index (χ3n) is 4.45. The van der Waals surface area contributed by atoms with Gasteiger partial charge >= 0.3 is 16.3 Å². The van der Waals surface area contributed by atoms with Crippen molar-refractivity contribution in [3.63, 3.8) is 0 Å². The highest BCUT2D eigenvalue weighted by Crippen LogP contribution is 2.22. The van der Waals surface area contributed by atoms with E-state index in [-0.39, 0.29) is 10.8 Å². The van der Waals surface area contributed by atoms with Crippen LogP contribution >= 0.6 is 11.3 Å². The monoisotopic (exact) mass is 495 g/mol. The molecule has 1 aromatic heterocycles. The molecule has 3 rings (SSSR count). The molecule has 0 spiro atoms. The van der Waals surface area contributed by atoms with Gasteiger partial charge in [0.25, 0.3) is 5.91 Å². The van der Waals surface area contributed by atoms with Gasteiger partial charge in [-0.25, -0.2) is 21.8 Å². The number of urea groups is 1. The Bertz CT molecular complexity index is 1130. The molecule has 17 heteroatoms. The lowest BCUT2D eigenvalue weighted by molar-refractivity contribution is -0.141. The van der Waals surface area contributed by atoms with Gasteiger partial charge in [-0.2, -0.15) is 8.42 Å². The van der Waals surface area contributed by atoms with Crippen LogP contribution in [0.2, 0.25) is 0 Å². The van der Waals surface area contributed by atoms with Crippen LogP contribution in [0.15, 0.2) is 17.5 Å². The fourth-order valence-corrected chi connectivity index (χ4v) is 5.46. The Labute approximate surface area is 180 Å². The van der Waals surface area contributed by atoms with Gasteiger partial charge in [0.1, 0.15) is 18.1 Å². The number of hydrogen-bond acceptors (Lipinski definition) is 9. The van der Waals surface area contributed by atoms with Crippen LogP contribution in [0, 0.1) is 0 Å². The number of nitrogens with one attached hydrogen (secondary N) is 3. The van der Waals surface area contributed by atoms with Crippen molar-refractivity contribution < 1.29 is 40.6 Å². The minimum Gasteiger partial charge on any atom is -0.340 e. The number of hydrogen-bond donors (Lipinski definition) is 4. The number of amides is 5. The molecule has 2 aliphatic heterocycles. The predicted octanol–water partition coefficient (Wildman–Crippen LogP) is -2.61. The van der Waals surface area contributed by atoms with Crippen LogP contribution in [-0.2, 0) is 34.7 Å². The second kappa shape index (κ2) is 8.06. The van der Waals surface area contributed by atoms with Crippen molar-refractivity contribution in [3.8, 4) is 0 Å². The Hall–Kier alpha value is -2.76. The number of carbonyl (C=O) groups is 4. The summed E-state index contributed by atoms with van der Waals surface area (Å²) in [6, 6.07) is -1.91. The van der Waals surface area contributed by atoms with Gasteiger partial charge < -0.3 is 16.0 Å². The van der Waals surface area contributed by atoms with Crippen LogP contribution in [0.4, 0.5) is 4.79 Å². The van der Waals surface area contributed by atoms with Crippen molar-refractivity contribution in [2.45, 2.75) is 18.1 Å². The summed E-state index contributed by atoms with van der Waals surface area (Å²) in [6.07, 6.45) is 0.755. The Kier molecular flexibility index (Phi) is 5.96. The maximum absolute atomic E-state index is 12.7. The van der Waals surface area contributed by atoms with Crippen molar-refractivity contribution in [1.29, 1.82) is 0 Å². The molecule has 3 unspecified atom stereocenters. The molecule has 5 amide bonds. The predicted molar refractivity (Wildman–Crippen MR) is 104 cm³/mol. The number of nitrogens with zero attached hydrogens (tertiary/aromatic N) is 2. The summed E-state index contributed by atoms with van der Waals surface area (Å²) < 4.78 is 55.1. The van der Waals surface area contributed by atoms with E-state index in [4.69, 9.17) is 4.55 Å². The molecule has 0 radical (unpaired) electrons. The summed E-state index contributed by atoms with van der Waals surface area (Å²) >= 11 is 1.09. The molecule has 31 heavy (non-hydrogen) atoms. The first-order valence-corrected chi connectivity index (χ1v) is 12.6. The molecule has 3 atom stereocenters. The first kappa shape index (κ1) is 22.9. The van der Waals surface area contributed by atoms with Gasteiger partial charge in [-0.05, 0) is 11.4 Å². The van der Waals surface area contributed by atoms with Crippen molar-refractivity contribution in [2.24, 2.45) is 0 Å². The van der Waals surface area contributed by atoms with Gasteiger partial charge in [-0.15, -0.1) is 11.3 Å². The summed E-state index contributed by atoms with van der Waals surface area (Å²) in [5.74, 6) is -2.86. The average Bonchev–Trinajstić information content (AvgIpc) is 3.30. The molecule has 2 fully saturated rings. The molecule has 2 aliphatic rings. The highest BCUT2D eigenvalue weighted by Gasteiger charge is 2.46. The summed E-state index contributed by atoms with van der Waals surface area (Å²) in [5, 5.41) is 8.49. The van der Waals surface area contributed by atoms with E-state index >= 15 is 0 Å². The second-order valence-electron chi connectivity index (χ2n) is 6.63. The fraction of sp³-hybridized carbons (Fsp3) is 0.429. The number of rotatable bonds is 7. The normalized spacial score (nSPS) is 22.5. The first-order valence-electron chi connectivity index (χ1n) is 8.51. The maximum Gasteiger partial charge on any atom is 0.362 e. The number of β-lactam (4-membered cyclic amide) rings is 1. The third-order valence-corrected chi connectivity index (χ3v) is 7.41. The molecule has 4 N–H and O–H groups in total. The Morgan fingerprint density at radius 2 is 1.97 bits per heavy atom. The van der Waals surface area contributed by atoms with Crippen LogP contribution in [0.25, 0.3) is 0 Å². The smallest absolute Gasteiger partial charge is 0.340 e. The Balaban J connectivity index is 1.75. The van der Waals surface area contributed by atoms with E-state index in [9.17, 15) is 36.0 Å². The topological polar surface area (TPSA) is 199 Å². The molecule has 2 saturated heterocycles. The molecular weight excluding hydrogens is 478 g/mol. The van der Waals surface area contributed by atoms with Crippen molar-refractivity contribution in [2.75, 3.05) is 19.3 Å². The minimum absolute atomic E-state index is 0.163.